The molecule has 2 aromatic carbocycles. The SMILES string of the molecule is CCc1c(S(=O)(=O)O)cc2cc(S(=O)(=O)O)cc(NC(C)=O)c2c1O. The molecule has 0 atom stereocenters. The van der Waals surface area contributed by atoms with Crippen molar-refractivity contribution in [2.45, 2.75) is 30.1 Å². The van der Waals surface area contributed by atoms with Gasteiger partial charge in [0, 0.05) is 17.9 Å². The number of nitrogens with one attached hydrogen (secondary N) is 1. The highest BCUT2D eigenvalue weighted by atomic mass is 32.2. The zero-order valence-corrected chi connectivity index (χ0v) is 14.8. The molecule has 11 heteroatoms. The molecule has 0 unspecified atom stereocenters. The van der Waals surface area contributed by atoms with E-state index in [2.05, 4.69) is 5.32 Å². The zero-order valence-electron chi connectivity index (χ0n) is 13.1. The number of anilines is 1. The highest BCUT2D eigenvalue weighted by Crippen LogP contribution is 2.40. The molecule has 0 heterocycles. The van der Waals surface area contributed by atoms with Crippen LogP contribution in [0.15, 0.2) is 28.0 Å². The van der Waals surface area contributed by atoms with Crippen LogP contribution >= 0.6 is 0 Å². The van der Waals surface area contributed by atoms with E-state index < -0.39 is 41.7 Å². The maximum absolute atomic E-state index is 11.6. The van der Waals surface area contributed by atoms with Crippen LogP contribution in [0.25, 0.3) is 10.8 Å². The Labute approximate surface area is 143 Å². The molecule has 0 spiro atoms. The van der Waals surface area contributed by atoms with Gasteiger partial charge in [-0.3, -0.25) is 13.9 Å². The van der Waals surface area contributed by atoms with Crippen LogP contribution < -0.4 is 5.32 Å². The lowest BCUT2D eigenvalue weighted by atomic mass is 10.0. The van der Waals surface area contributed by atoms with E-state index in [0.29, 0.717) is 0 Å². The monoisotopic (exact) mass is 389 g/mol. The average molecular weight is 389 g/mol. The van der Waals surface area contributed by atoms with Gasteiger partial charge in [0.05, 0.1) is 10.6 Å². The summed E-state index contributed by atoms with van der Waals surface area (Å²) in [6.45, 7) is 2.69. The van der Waals surface area contributed by atoms with Gasteiger partial charge in [-0.05, 0) is 30.0 Å². The first-order valence-corrected chi connectivity index (χ1v) is 9.79. The Hall–Kier alpha value is -2.21. The number of hydrogen-bond donors (Lipinski definition) is 4. The van der Waals surface area contributed by atoms with E-state index in [1.54, 1.807) is 6.92 Å². The van der Waals surface area contributed by atoms with E-state index in [1.807, 2.05) is 0 Å². The van der Waals surface area contributed by atoms with Crippen molar-refractivity contribution in [3.05, 3.63) is 23.8 Å². The molecule has 25 heavy (non-hydrogen) atoms. The van der Waals surface area contributed by atoms with E-state index in [-0.39, 0.29) is 28.4 Å². The van der Waals surface area contributed by atoms with Gasteiger partial charge in [-0.15, -0.1) is 0 Å². The molecular formula is C14H15NO8S2. The molecule has 1 amide bonds. The van der Waals surface area contributed by atoms with Gasteiger partial charge in [-0.1, -0.05) is 6.92 Å². The molecule has 9 nitrogen and oxygen atoms in total. The van der Waals surface area contributed by atoms with Gasteiger partial charge in [-0.25, -0.2) is 0 Å². The number of phenols is 1. The van der Waals surface area contributed by atoms with Crippen LogP contribution in [0.4, 0.5) is 5.69 Å². The van der Waals surface area contributed by atoms with Crippen LogP contribution in [0.5, 0.6) is 5.75 Å². The van der Waals surface area contributed by atoms with Gasteiger partial charge >= 0.3 is 0 Å². The van der Waals surface area contributed by atoms with Crippen molar-refractivity contribution in [2.75, 3.05) is 5.32 Å². The van der Waals surface area contributed by atoms with E-state index in [4.69, 9.17) is 0 Å². The first-order chi connectivity index (χ1) is 11.4. The number of hydrogen-bond acceptors (Lipinski definition) is 6. The van der Waals surface area contributed by atoms with Gasteiger partial charge < -0.3 is 10.4 Å². The summed E-state index contributed by atoms with van der Waals surface area (Å²) in [5, 5.41) is 12.6. The number of amides is 1. The van der Waals surface area contributed by atoms with E-state index >= 15 is 0 Å². The van der Waals surface area contributed by atoms with E-state index in [9.17, 15) is 35.8 Å². The third-order valence-electron chi connectivity index (χ3n) is 3.49. The van der Waals surface area contributed by atoms with Crippen molar-refractivity contribution in [1.82, 2.24) is 0 Å². The van der Waals surface area contributed by atoms with Crippen molar-refractivity contribution in [3.63, 3.8) is 0 Å². The first kappa shape index (κ1) is 19.1. The highest BCUT2D eigenvalue weighted by molar-refractivity contribution is 7.86. The molecule has 136 valence electrons. The van der Waals surface area contributed by atoms with Crippen LogP contribution in [0.3, 0.4) is 0 Å². The van der Waals surface area contributed by atoms with Gasteiger partial charge in [-0.2, -0.15) is 16.8 Å². The molecule has 0 aliphatic heterocycles. The van der Waals surface area contributed by atoms with E-state index in [1.165, 1.54) is 0 Å². The molecule has 0 aromatic heterocycles. The van der Waals surface area contributed by atoms with Crippen molar-refractivity contribution >= 4 is 42.6 Å². The van der Waals surface area contributed by atoms with Crippen molar-refractivity contribution in [2.24, 2.45) is 0 Å². The van der Waals surface area contributed by atoms with Gasteiger partial charge in [0.15, 0.2) is 0 Å². The van der Waals surface area contributed by atoms with Crippen LogP contribution in [-0.4, -0.2) is 37.0 Å². The minimum atomic E-state index is -4.70. The minimum absolute atomic E-state index is 0.0214. The number of carbonyl (C=O) groups excluding carboxylic acids is 1. The maximum atomic E-state index is 11.6. The molecule has 0 saturated heterocycles. The molecule has 0 fully saturated rings. The van der Waals surface area contributed by atoms with Gasteiger partial charge in [0.2, 0.25) is 5.91 Å². The van der Waals surface area contributed by atoms with Crippen molar-refractivity contribution in [1.29, 1.82) is 0 Å². The summed E-state index contributed by atoms with van der Waals surface area (Å²) in [4.78, 5) is 10.2. The zero-order chi connectivity index (χ0) is 19.2. The summed E-state index contributed by atoms with van der Waals surface area (Å²) in [5.74, 6) is -1.11. The van der Waals surface area contributed by atoms with Crippen LogP contribution in [0.1, 0.15) is 19.4 Å². The highest BCUT2D eigenvalue weighted by Gasteiger charge is 2.24. The summed E-state index contributed by atoms with van der Waals surface area (Å²) in [7, 11) is -9.38. The lowest BCUT2D eigenvalue weighted by Crippen LogP contribution is -2.09. The van der Waals surface area contributed by atoms with Crippen LogP contribution in [0, 0.1) is 0 Å². The second-order valence-corrected chi connectivity index (χ2v) is 8.07. The van der Waals surface area contributed by atoms with Crippen molar-refractivity contribution in [3.8, 4) is 5.75 Å². The Bertz CT molecular complexity index is 1090. The fourth-order valence-electron chi connectivity index (χ4n) is 2.52. The topological polar surface area (TPSA) is 158 Å². The molecule has 0 aliphatic carbocycles. The lowest BCUT2D eigenvalue weighted by molar-refractivity contribution is -0.114. The fraction of sp³-hybridized carbons (Fsp3) is 0.214. The molecule has 4 N–H and O–H groups in total. The number of carbonyl (C=O) groups is 1. The van der Waals surface area contributed by atoms with Crippen LogP contribution in [0.2, 0.25) is 0 Å². The molecule has 2 aromatic rings. The van der Waals surface area contributed by atoms with Gasteiger partial charge in [0.25, 0.3) is 20.2 Å². The minimum Gasteiger partial charge on any atom is -0.507 e. The summed E-state index contributed by atoms with van der Waals surface area (Å²) in [6.07, 6.45) is 0.0382. The smallest absolute Gasteiger partial charge is 0.294 e. The number of benzene rings is 2. The normalized spacial score (nSPS) is 12.3. The fourth-order valence-corrected chi connectivity index (χ4v) is 3.89. The third-order valence-corrected chi connectivity index (χ3v) is 5.24. The summed E-state index contributed by atoms with van der Waals surface area (Å²) < 4.78 is 64.5. The van der Waals surface area contributed by atoms with Crippen LogP contribution in [-0.2, 0) is 31.5 Å². The quantitative estimate of drug-likeness (QED) is 0.573. The Morgan fingerprint density at radius 2 is 1.68 bits per heavy atom. The predicted molar refractivity (Wildman–Crippen MR) is 88.9 cm³/mol. The number of aromatic hydroxyl groups is 1. The largest absolute Gasteiger partial charge is 0.507 e. The number of rotatable bonds is 4. The Balaban J connectivity index is 3.07. The summed E-state index contributed by atoms with van der Waals surface area (Å²) >= 11 is 0. The van der Waals surface area contributed by atoms with Crippen molar-refractivity contribution < 1.29 is 35.8 Å². The summed E-state index contributed by atoms with van der Waals surface area (Å²) in [5.41, 5.74) is -0.229. The van der Waals surface area contributed by atoms with E-state index in [0.717, 1.165) is 25.1 Å². The molecule has 0 aliphatic rings. The first-order valence-electron chi connectivity index (χ1n) is 6.91. The average Bonchev–Trinajstić information content (AvgIpc) is 2.43. The Kier molecular flexibility index (Phi) is 4.79. The molecule has 0 bridgehead atoms. The molecule has 0 saturated carbocycles. The number of fused-ring (bicyclic) bond motifs is 1. The Morgan fingerprint density at radius 1 is 1.08 bits per heavy atom. The third kappa shape index (κ3) is 3.74. The molecular weight excluding hydrogens is 374 g/mol. The maximum Gasteiger partial charge on any atom is 0.294 e. The predicted octanol–water partition coefficient (Wildman–Crippen LogP) is 1.56. The summed E-state index contributed by atoms with van der Waals surface area (Å²) in [6, 6.07) is 2.82. The second-order valence-electron chi connectivity index (χ2n) is 5.26. The molecule has 2 rings (SSSR count). The molecule has 0 radical (unpaired) electrons. The number of phenolic OH excluding ortho intramolecular Hbond substituents is 1. The lowest BCUT2D eigenvalue weighted by Gasteiger charge is -2.15. The standard InChI is InChI=1S/C14H15NO8S2/c1-3-10-12(25(21,22)23)5-8-4-9(24(18,19)20)6-11(15-7(2)16)13(8)14(10)17/h4-6,17H,3H2,1-2H3,(H,15,16)(H,18,19,20)(H,21,22,23). The second kappa shape index (κ2) is 6.26. The van der Waals surface area contributed by atoms with Gasteiger partial charge in [0.1, 0.15) is 10.6 Å². The Morgan fingerprint density at radius 3 is 2.12 bits per heavy atom.